The molecule has 7 nitrogen and oxygen atoms in total. The fourth-order valence-corrected chi connectivity index (χ4v) is 5.83. The number of nitrogens with zero attached hydrogens (tertiary/aromatic N) is 5. The third-order valence-electron chi connectivity index (χ3n) is 6.86. The van der Waals surface area contributed by atoms with E-state index in [9.17, 15) is 10.1 Å². The number of ether oxygens (including phenoxy) is 1. The Morgan fingerprint density at radius 3 is 2.57 bits per heavy atom. The van der Waals surface area contributed by atoms with Gasteiger partial charge in [0.1, 0.15) is 17.1 Å². The molecule has 0 atom stereocenters. The fraction of sp³-hybridized carbons (Fsp3) is 0.286. The Morgan fingerprint density at radius 2 is 1.92 bits per heavy atom. The highest BCUT2D eigenvalue weighted by Crippen LogP contribution is 2.42. The molecule has 2 aromatic carbocycles. The lowest BCUT2D eigenvalue weighted by Gasteiger charge is -2.37. The Kier molecular flexibility index (Phi) is 6.30. The molecule has 0 aliphatic carbocycles. The van der Waals surface area contributed by atoms with Crippen LogP contribution in [-0.4, -0.2) is 54.1 Å². The zero-order valence-electron chi connectivity index (χ0n) is 21.2. The summed E-state index contributed by atoms with van der Waals surface area (Å²) < 4.78 is 22.9. The number of piperazine rings is 1. The molecule has 1 saturated heterocycles. The minimum atomic E-state index is -0.478. The molecule has 2 aromatic heterocycles. The number of methoxy groups -OCH3 is 1. The molecule has 1 aliphatic heterocycles. The Balaban J connectivity index is 1.70. The number of anilines is 1. The first-order valence-electron chi connectivity index (χ1n) is 11.9. The van der Waals surface area contributed by atoms with Crippen molar-refractivity contribution in [2.24, 2.45) is 0 Å². The predicted molar refractivity (Wildman–Crippen MR) is 145 cm³/mol. The van der Waals surface area contributed by atoms with Crippen molar-refractivity contribution in [3.8, 4) is 23.1 Å². The molecule has 9 heteroatoms. The number of thiazole rings is 1. The van der Waals surface area contributed by atoms with Gasteiger partial charge >= 0.3 is 0 Å². The van der Waals surface area contributed by atoms with Crippen molar-refractivity contribution >= 4 is 44.1 Å². The van der Waals surface area contributed by atoms with Gasteiger partial charge in [-0.2, -0.15) is 5.26 Å². The standard InChI is InChI=1S/C28H26FN5O2S/c1-15(2)28(35)34-10-8-33(9-11-34)25-19-12-17(4)21(18-7-6-16(3)26-24(18)31-14-37-26)22(29)23(19)32-27(36-5)20(25)13-30/h6-7,12,14H,1,8-11H2,2-5H3. The van der Waals surface area contributed by atoms with Gasteiger partial charge in [-0.25, -0.2) is 14.4 Å². The molecule has 0 bridgehead atoms. The summed E-state index contributed by atoms with van der Waals surface area (Å²) in [6, 6.07) is 7.97. The van der Waals surface area contributed by atoms with Crippen LogP contribution in [0.5, 0.6) is 5.88 Å². The van der Waals surface area contributed by atoms with Crippen LogP contribution in [0.3, 0.4) is 0 Å². The number of aromatic nitrogens is 2. The van der Waals surface area contributed by atoms with Crippen LogP contribution in [0.2, 0.25) is 0 Å². The lowest BCUT2D eigenvalue weighted by molar-refractivity contribution is -0.127. The van der Waals surface area contributed by atoms with Gasteiger partial charge in [0.25, 0.3) is 0 Å². The average molecular weight is 516 g/mol. The van der Waals surface area contributed by atoms with Crippen LogP contribution in [0.15, 0.2) is 35.9 Å². The Bertz CT molecular complexity index is 1630. The van der Waals surface area contributed by atoms with Gasteiger partial charge < -0.3 is 14.5 Å². The summed E-state index contributed by atoms with van der Waals surface area (Å²) in [5.74, 6) is -0.495. The van der Waals surface area contributed by atoms with Gasteiger partial charge in [0, 0.05) is 48.3 Å². The van der Waals surface area contributed by atoms with Gasteiger partial charge in [0.2, 0.25) is 11.8 Å². The molecule has 0 N–H and O–H groups in total. The smallest absolute Gasteiger partial charge is 0.249 e. The van der Waals surface area contributed by atoms with E-state index in [0.717, 1.165) is 21.3 Å². The molecular weight excluding hydrogens is 489 g/mol. The SMILES string of the molecule is C=C(C)C(=O)N1CCN(c2c(C#N)c(OC)nc3c(F)c(-c4ccc(C)c5scnc45)c(C)cc23)CC1. The number of fused-ring (bicyclic) bond motifs is 2. The van der Waals surface area contributed by atoms with Crippen LogP contribution >= 0.6 is 11.3 Å². The molecule has 3 heterocycles. The Morgan fingerprint density at radius 1 is 1.19 bits per heavy atom. The minimum Gasteiger partial charge on any atom is -0.480 e. The third-order valence-corrected chi connectivity index (χ3v) is 7.82. The lowest BCUT2D eigenvalue weighted by Crippen LogP contribution is -2.49. The molecule has 0 spiro atoms. The second-order valence-corrected chi connectivity index (χ2v) is 10.1. The lowest BCUT2D eigenvalue weighted by atomic mass is 9.94. The van der Waals surface area contributed by atoms with Crippen molar-refractivity contribution in [3.05, 3.63) is 58.4 Å². The van der Waals surface area contributed by atoms with E-state index < -0.39 is 5.82 Å². The number of benzene rings is 2. The summed E-state index contributed by atoms with van der Waals surface area (Å²) in [5, 5.41) is 10.6. The number of hydrogen-bond acceptors (Lipinski definition) is 7. The maximum Gasteiger partial charge on any atom is 0.249 e. The number of pyridine rings is 1. The van der Waals surface area contributed by atoms with Crippen molar-refractivity contribution < 1.29 is 13.9 Å². The summed E-state index contributed by atoms with van der Waals surface area (Å²) >= 11 is 1.53. The van der Waals surface area contributed by atoms with E-state index in [4.69, 9.17) is 4.74 Å². The molecule has 0 radical (unpaired) electrons. The van der Waals surface area contributed by atoms with Crippen LogP contribution in [0.1, 0.15) is 23.6 Å². The Labute approximate surface area is 218 Å². The highest BCUT2D eigenvalue weighted by atomic mass is 32.1. The molecule has 1 fully saturated rings. The highest BCUT2D eigenvalue weighted by Gasteiger charge is 2.29. The van der Waals surface area contributed by atoms with E-state index in [1.54, 1.807) is 17.3 Å². The number of halogens is 1. The van der Waals surface area contributed by atoms with Crippen molar-refractivity contribution in [1.82, 2.24) is 14.9 Å². The monoisotopic (exact) mass is 515 g/mol. The molecule has 37 heavy (non-hydrogen) atoms. The molecule has 188 valence electrons. The van der Waals surface area contributed by atoms with E-state index in [2.05, 4.69) is 22.6 Å². The number of aryl methyl sites for hydroxylation is 2. The number of carbonyl (C=O) groups is 1. The number of hydrogen-bond donors (Lipinski definition) is 0. The maximum atomic E-state index is 16.4. The summed E-state index contributed by atoms with van der Waals surface area (Å²) in [6.45, 7) is 11.2. The Hall–Kier alpha value is -4.03. The van der Waals surface area contributed by atoms with Crippen LogP contribution in [0.25, 0.3) is 32.2 Å². The molecular formula is C28H26FN5O2S. The van der Waals surface area contributed by atoms with Crippen LogP contribution in [0, 0.1) is 31.0 Å². The predicted octanol–water partition coefficient (Wildman–Crippen LogP) is 5.37. The highest BCUT2D eigenvalue weighted by molar-refractivity contribution is 7.17. The van der Waals surface area contributed by atoms with Gasteiger partial charge in [-0.15, -0.1) is 11.3 Å². The fourth-order valence-electron chi connectivity index (χ4n) is 5.04. The summed E-state index contributed by atoms with van der Waals surface area (Å²) in [4.78, 5) is 25.1. The van der Waals surface area contributed by atoms with Crippen molar-refractivity contribution in [2.45, 2.75) is 20.8 Å². The summed E-state index contributed by atoms with van der Waals surface area (Å²) in [6.07, 6.45) is 0. The van der Waals surface area contributed by atoms with Gasteiger partial charge in [-0.3, -0.25) is 4.79 Å². The topological polar surface area (TPSA) is 82.4 Å². The number of rotatable bonds is 4. The largest absolute Gasteiger partial charge is 0.480 e. The summed E-state index contributed by atoms with van der Waals surface area (Å²) in [5.41, 5.74) is 6.91. The van der Waals surface area contributed by atoms with Crippen LogP contribution in [-0.2, 0) is 4.79 Å². The van der Waals surface area contributed by atoms with E-state index in [1.807, 2.05) is 36.9 Å². The average Bonchev–Trinajstić information content (AvgIpc) is 3.40. The van der Waals surface area contributed by atoms with E-state index in [1.165, 1.54) is 18.4 Å². The maximum absolute atomic E-state index is 16.4. The van der Waals surface area contributed by atoms with Gasteiger partial charge in [-0.1, -0.05) is 18.7 Å². The van der Waals surface area contributed by atoms with Gasteiger partial charge in [-0.05, 0) is 38.0 Å². The zero-order chi connectivity index (χ0) is 26.4. The molecule has 1 aliphatic rings. The number of nitriles is 1. The second kappa shape index (κ2) is 9.45. The van der Waals surface area contributed by atoms with Gasteiger partial charge in [0.15, 0.2) is 5.82 Å². The first kappa shape index (κ1) is 24.7. The quantitative estimate of drug-likeness (QED) is 0.340. The van der Waals surface area contributed by atoms with Crippen molar-refractivity contribution in [3.63, 3.8) is 0 Å². The summed E-state index contributed by atoms with van der Waals surface area (Å²) in [7, 11) is 1.42. The number of carbonyl (C=O) groups excluding carboxylic acids is 1. The third kappa shape index (κ3) is 3.98. The van der Waals surface area contributed by atoms with Crippen molar-refractivity contribution in [2.75, 3.05) is 38.2 Å². The molecule has 5 rings (SSSR count). The molecule has 0 saturated carbocycles. The zero-order valence-corrected chi connectivity index (χ0v) is 22.0. The first-order chi connectivity index (χ1) is 17.8. The first-order valence-corrected chi connectivity index (χ1v) is 12.8. The van der Waals surface area contributed by atoms with E-state index in [0.29, 0.717) is 54.0 Å². The normalized spacial score (nSPS) is 13.7. The van der Waals surface area contributed by atoms with E-state index >= 15 is 4.39 Å². The molecule has 4 aromatic rings. The minimum absolute atomic E-state index is 0.0712. The second-order valence-electron chi connectivity index (χ2n) is 9.25. The molecule has 0 unspecified atom stereocenters. The van der Waals surface area contributed by atoms with Crippen LogP contribution < -0.4 is 9.64 Å². The van der Waals surface area contributed by atoms with E-state index in [-0.39, 0.29) is 22.9 Å². The van der Waals surface area contributed by atoms with Crippen LogP contribution in [0.4, 0.5) is 10.1 Å². The van der Waals surface area contributed by atoms with Gasteiger partial charge in [0.05, 0.1) is 28.5 Å². The van der Waals surface area contributed by atoms with Crippen molar-refractivity contribution in [1.29, 1.82) is 5.26 Å². The molecule has 1 amide bonds. The number of amides is 1.